The van der Waals surface area contributed by atoms with Crippen LogP contribution in [0.15, 0.2) is 0 Å². The number of carbonyl (C=O) groups excluding carboxylic acids is 4. The Morgan fingerprint density at radius 2 is 0.882 bits per heavy atom. The first-order valence-corrected chi connectivity index (χ1v) is 12.6. The van der Waals surface area contributed by atoms with Crippen LogP contribution in [0, 0.1) is 0 Å². The van der Waals surface area contributed by atoms with E-state index in [2.05, 4.69) is 10.6 Å². The third kappa shape index (κ3) is 22.7. The number of ether oxygens (including phenoxy) is 4. The van der Waals surface area contributed by atoms with Gasteiger partial charge in [0, 0.05) is 25.9 Å². The van der Waals surface area contributed by atoms with Gasteiger partial charge in [0.05, 0.1) is 26.4 Å². The first kappa shape index (κ1) is 31.5. The summed E-state index contributed by atoms with van der Waals surface area (Å²) in [6.07, 6.45) is 8.03. The molecule has 2 amide bonds. The summed E-state index contributed by atoms with van der Waals surface area (Å²) in [6, 6.07) is 0. The van der Waals surface area contributed by atoms with Crippen LogP contribution in [0.4, 0.5) is 9.59 Å². The molecular formula is C24H44N2O8. The number of hydrogen-bond acceptors (Lipinski definition) is 8. The van der Waals surface area contributed by atoms with Crippen molar-refractivity contribution in [2.75, 3.05) is 39.5 Å². The molecule has 0 heterocycles. The molecule has 10 heteroatoms. The van der Waals surface area contributed by atoms with Crippen LogP contribution in [0.1, 0.15) is 90.9 Å². The zero-order valence-electron chi connectivity index (χ0n) is 21.0. The Labute approximate surface area is 203 Å². The van der Waals surface area contributed by atoms with E-state index < -0.39 is 12.2 Å². The second-order valence-corrected chi connectivity index (χ2v) is 7.77. The SMILES string of the molecule is CCOC(=O)CCCCCOC(=O)NCCCCCCNC(=O)OCCCCCC(=O)OCC. The third-order valence-electron chi connectivity index (χ3n) is 4.77. The zero-order chi connectivity index (χ0) is 25.3. The van der Waals surface area contributed by atoms with E-state index in [1.54, 1.807) is 13.8 Å². The van der Waals surface area contributed by atoms with Crippen molar-refractivity contribution in [3.63, 3.8) is 0 Å². The molecular weight excluding hydrogens is 444 g/mol. The largest absolute Gasteiger partial charge is 0.466 e. The summed E-state index contributed by atoms with van der Waals surface area (Å²) in [5.74, 6) is -0.375. The fourth-order valence-corrected chi connectivity index (χ4v) is 2.98. The van der Waals surface area contributed by atoms with Crippen LogP contribution < -0.4 is 10.6 Å². The van der Waals surface area contributed by atoms with Gasteiger partial charge in [0.2, 0.25) is 0 Å². The lowest BCUT2D eigenvalue weighted by molar-refractivity contribution is -0.144. The van der Waals surface area contributed by atoms with Gasteiger partial charge in [-0.15, -0.1) is 0 Å². The Bertz CT molecular complexity index is 509. The van der Waals surface area contributed by atoms with Gasteiger partial charge in [-0.2, -0.15) is 0 Å². The second kappa shape index (κ2) is 23.6. The Hall–Kier alpha value is -2.52. The minimum atomic E-state index is -0.421. The van der Waals surface area contributed by atoms with Crippen molar-refractivity contribution in [2.24, 2.45) is 0 Å². The van der Waals surface area contributed by atoms with Crippen molar-refractivity contribution in [1.29, 1.82) is 0 Å². The van der Waals surface area contributed by atoms with E-state index in [-0.39, 0.29) is 11.9 Å². The molecule has 34 heavy (non-hydrogen) atoms. The molecule has 0 aromatic carbocycles. The first-order chi connectivity index (χ1) is 16.5. The molecule has 0 aliphatic heterocycles. The number of rotatable bonds is 21. The van der Waals surface area contributed by atoms with Crippen LogP contribution in [0.25, 0.3) is 0 Å². The molecule has 0 saturated heterocycles. The number of amides is 2. The van der Waals surface area contributed by atoms with Gasteiger partial charge in [-0.05, 0) is 65.2 Å². The van der Waals surface area contributed by atoms with E-state index >= 15 is 0 Å². The van der Waals surface area contributed by atoms with Gasteiger partial charge in [0.1, 0.15) is 0 Å². The quantitative estimate of drug-likeness (QED) is 0.139. The van der Waals surface area contributed by atoms with Crippen molar-refractivity contribution in [3.05, 3.63) is 0 Å². The maximum atomic E-state index is 11.6. The highest BCUT2D eigenvalue weighted by Gasteiger charge is 2.05. The van der Waals surface area contributed by atoms with Gasteiger partial charge >= 0.3 is 24.1 Å². The molecule has 198 valence electrons. The molecule has 0 saturated carbocycles. The Balaban J connectivity index is 3.35. The molecule has 0 bridgehead atoms. The molecule has 0 unspecified atom stereocenters. The average Bonchev–Trinajstić information content (AvgIpc) is 2.80. The number of nitrogens with one attached hydrogen (secondary N) is 2. The highest BCUT2D eigenvalue weighted by molar-refractivity contribution is 5.69. The van der Waals surface area contributed by atoms with Crippen LogP contribution in [-0.4, -0.2) is 63.6 Å². The predicted octanol–water partition coefficient (Wildman–Crippen LogP) is 4.25. The summed E-state index contributed by atoms with van der Waals surface area (Å²) >= 11 is 0. The molecule has 0 rings (SSSR count). The van der Waals surface area contributed by atoms with Crippen LogP contribution in [0.2, 0.25) is 0 Å². The fourth-order valence-electron chi connectivity index (χ4n) is 2.98. The van der Waals surface area contributed by atoms with Crippen molar-refractivity contribution in [1.82, 2.24) is 10.6 Å². The highest BCUT2D eigenvalue weighted by Crippen LogP contribution is 2.03. The van der Waals surface area contributed by atoms with Crippen molar-refractivity contribution >= 4 is 24.1 Å². The molecule has 0 aliphatic rings. The summed E-state index contributed by atoms with van der Waals surface area (Å²) in [6.45, 7) is 6.13. The van der Waals surface area contributed by atoms with Gasteiger partial charge in [-0.3, -0.25) is 9.59 Å². The zero-order valence-corrected chi connectivity index (χ0v) is 21.0. The summed E-state index contributed by atoms with van der Waals surface area (Å²) in [5.41, 5.74) is 0. The normalized spacial score (nSPS) is 10.3. The van der Waals surface area contributed by atoms with Crippen LogP contribution in [0.3, 0.4) is 0 Å². The number of esters is 2. The topological polar surface area (TPSA) is 129 Å². The third-order valence-corrected chi connectivity index (χ3v) is 4.77. The summed E-state index contributed by atoms with van der Waals surface area (Å²) in [4.78, 5) is 45.6. The van der Waals surface area contributed by atoms with Gasteiger partial charge in [0.25, 0.3) is 0 Å². The van der Waals surface area contributed by atoms with E-state index in [9.17, 15) is 19.2 Å². The number of unbranched alkanes of at least 4 members (excludes halogenated alkanes) is 7. The monoisotopic (exact) mass is 488 g/mol. The van der Waals surface area contributed by atoms with Crippen LogP contribution >= 0.6 is 0 Å². The average molecular weight is 489 g/mol. The van der Waals surface area contributed by atoms with E-state index in [0.717, 1.165) is 64.2 Å². The van der Waals surface area contributed by atoms with Crippen molar-refractivity contribution < 1.29 is 38.1 Å². The number of alkyl carbamates (subject to hydrolysis) is 2. The lowest BCUT2D eigenvalue weighted by Gasteiger charge is -2.08. The minimum absolute atomic E-state index is 0.187. The first-order valence-electron chi connectivity index (χ1n) is 12.6. The standard InChI is InChI=1S/C24H44N2O8/c1-3-31-21(27)15-9-7-13-19-33-23(29)25-17-11-5-6-12-18-26-24(30)34-20-14-8-10-16-22(28)32-4-2/h3-20H2,1-2H3,(H,25,29)(H,26,30). The van der Waals surface area contributed by atoms with Crippen molar-refractivity contribution in [2.45, 2.75) is 90.9 Å². The van der Waals surface area contributed by atoms with Crippen molar-refractivity contribution in [3.8, 4) is 0 Å². The van der Waals surface area contributed by atoms with Gasteiger partial charge < -0.3 is 29.6 Å². The van der Waals surface area contributed by atoms with Gasteiger partial charge in [-0.25, -0.2) is 9.59 Å². The maximum Gasteiger partial charge on any atom is 0.407 e. The number of carbonyl (C=O) groups is 4. The lowest BCUT2D eigenvalue weighted by Crippen LogP contribution is -2.26. The second-order valence-electron chi connectivity index (χ2n) is 7.77. The smallest absolute Gasteiger partial charge is 0.407 e. The Morgan fingerprint density at radius 1 is 0.500 bits per heavy atom. The van der Waals surface area contributed by atoms with E-state index in [0.29, 0.717) is 52.4 Å². The molecule has 0 aliphatic carbocycles. The number of hydrogen-bond donors (Lipinski definition) is 2. The van der Waals surface area contributed by atoms with Crippen LogP contribution in [0.5, 0.6) is 0 Å². The molecule has 0 fully saturated rings. The highest BCUT2D eigenvalue weighted by atomic mass is 16.6. The van der Waals surface area contributed by atoms with Gasteiger partial charge in [-0.1, -0.05) is 12.8 Å². The van der Waals surface area contributed by atoms with E-state index in [4.69, 9.17) is 18.9 Å². The van der Waals surface area contributed by atoms with E-state index in [1.807, 2.05) is 0 Å². The molecule has 0 aromatic heterocycles. The van der Waals surface area contributed by atoms with E-state index in [1.165, 1.54) is 0 Å². The molecule has 0 spiro atoms. The molecule has 0 atom stereocenters. The molecule has 10 nitrogen and oxygen atoms in total. The predicted molar refractivity (Wildman–Crippen MR) is 127 cm³/mol. The molecule has 0 radical (unpaired) electrons. The molecule has 0 aromatic rings. The minimum Gasteiger partial charge on any atom is -0.466 e. The van der Waals surface area contributed by atoms with Crippen LogP contribution in [-0.2, 0) is 28.5 Å². The summed E-state index contributed by atoms with van der Waals surface area (Å²) in [5, 5.41) is 5.43. The van der Waals surface area contributed by atoms with Gasteiger partial charge in [0.15, 0.2) is 0 Å². The summed E-state index contributed by atoms with van der Waals surface area (Å²) in [7, 11) is 0. The summed E-state index contributed by atoms with van der Waals surface area (Å²) < 4.78 is 19.9. The lowest BCUT2D eigenvalue weighted by atomic mass is 10.2. The Morgan fingerprint density at radius 3 is 1.26 bits per heavy atom. The fraction of sp³-hybridized carbons (Fsp3) is 0.833. The Kier molecular flexibility index (Phi) is 21.9. The molecule has 2 N–H and O–H groups in total. The maximum absolute atomic E-state index is 11.6.